The SMILES string of the molecule is [CH2]N(C=O)OCC=C. The van der Waals surface area contributed by atoms with Crippen molar-refractivity contribution in [2.75, 3.05) is 6.61 Å². The zero-order chi connectivity index (χ0) is 6.41. The monoisotopic (exact) mass is 114 g/mol. The zero-order valence-electron chi connectivity index (χ0n) is 4.54. The van der Waals surface area contributed by atoms with Crippen LogP contribution >= 0.6 is 0 Å². The number of carbonyl (C=O) groups is 1. The van der Waals surface area contributed by atoms with Gasteiger partial charge in [0.05, 0.1) is 13.7 Å². The molecule has 3 heteroatoms. The van der Waals surface area contributed by atoms with Gasteiger partial charge in [0.25, 0.3) is 0 Å². The molecule has 0 aliphatic carbocycles. The first-order chi connectivity index (χ1) is 3.81. The summed E-state index contributed by atoms with van der Waals surface area (Å²) < 4.78 is 0. The Morgan fingerprint density at radius 2 is 2.38 bits per heavy atom. The lowest BCUT2D eigenvalue weighted by molar-refractivity contribution is -0.153. The molecule has 3 nitrogen and oxygen atoms in total. The van der Waals surface area contributed by atoms with E-state index in [4.69, 9.17) is 0 Å². The van der Waals surface area contributed by atoms with Crippen LogP contribution in [-0.2, 0) is 9.63 Å². The molecule has 1 amide bonds. The smallest absolute Gasteiger partial charge is 0.233 e. The number of hydrogen-bond donors (Lipinski definition) is 0. The van der Waals surface area contributed by atoms with Crippen LogP contribution in [0, 0.1) is 7.05 Å². The van der Waals surface area contributed by atoms with Gasteiger partial charge in [-0.25, -0.2) is 5.06 Å². The van der Waals surface area contributed by atoms with Gasteiger partial charge in [-0.15, -0.1) is 6.58 Å². The van der Waals surface area contributed by atoms with Gasteiger partial charge in [0.1, 0.15) is 0 Å². The van der Waals surface area contributed by atoms with E-state index in [0.717, 1.165) is 5.06 Å². The summed E-state index contributed by atoms with van der Waals surface area (Å²) in [5, 5.41) is 0.835. The summed E-state index contributed by atoms with van der Waals surface area (Å²) in [6.07, 6.45) is 2.01. The molecule has 8 heavy (non-hydrogen) atoms. The van der Waals surface area contributed by atoms with Crippen LogP contribution in [0.5, 0.6) is 0 Å². The highest BCUT2D eigenvalue weighted by molar-refractivity contribution is 5.45. The molecule has 0 unspecified atom stereocenters. The van der Waals surface area contributed by atoms with Gasteiger partial charge in [-0.1, -0.05) is 6.08 Å². The standard InChI is InChI=1S/C5H8NO2/c1-3-4-8-6(2)5-7/h3,5H,1-2,4H2. The minimum absolute atomic E-state index is 0.308. The van der Waals surface area contributed by atoms with E-state index in [1.54, 1.807) is 0 Å². The molecule has 0 heterocycles. The van der Waals surface area contributed by atoms with Crippen LogP contribution in [0.25, 0.3) is 0 Å². The second-order valence-electron chi connectivity index (χ2n) is 1.11. The lowest BCUT2D eigenvalue weighted by Crippen LogP contribution is -2.13. The molecule has 45 valence electrons. The fourth-order valence-electron chi connectivity index (χ4n) is 0.179. The summed E-state index contributed by atoms with van der Waals surface area (Å²) in [6, 6.07) is 0. The molecular formula is C5H8NO2. The van der Waals surface area contributed by atoms with E-state index in [2.05, 4.69) is 18.5 Å². The van der Waals surface area contributed by atoms with Crippen molar-refractivity contribution in [3.63, 3.8) is 0 Å². The Labute approximate surface area is 48.5 Å². The third kappa shape index (κ3) is 3.36. The zero-order valence-corrected chi connectivity index (χ0v) is 4.54. The third-order valence-corrected chi connectivity index (χ3v) is 0.476. The van der Waals surface area contributed by atoms with E-state index in [-0.39, 0.29) is 0 Å². The van der Waals surface area contributed by atoms with Crippen molar-refractivity contribution >= 4 is 6.41 Å². The maximum absolute atomic E-state index is 9.71. The lowest BCUT2D eigenvalue weighted by atomic mass is 10.7. The van der Waals surface area contributed by atoms with E-state index in [9.17, 15) is 4.79 Å². The van der Waals surface area contributed by atoms with E-state index >= 15 is 0 Å². The number of rotatable bonds is 4. The average Bonchev–Trinajstić information content (AvgIpc) is 1.83. The molecule has 0 fully saturated rings. The summed E-state index contributed by atoms with van der Waals surface area (Å²) in [6.45, 7) is 3.68. The molecule has 0 aromatic heterocycles. The first kappa shape index (κ1) is 7.17. The number of hydrogen-bond acceptors (Lipinski definition) is 2. The number of amides is 1. The van der Waals surface area contributed by atoms with Gasteiger partial charge >= 0.3 is 0 Å². The summed E-state index contributed by atoms with van der Waals surface area (Å²) in [5.41, 5.74) is 0. The van der Waals surface area contributed by atoms with Gasteiger partial charge in [-0.2, -0.15) is 0 Å². The summed E-state index contributed by atoms with van der Waals surface area (Å²) in [5.74, 6) is 0. The molecule has 0 N–H and O–H groups in total. The fourth-order valence-corrected chi connectivity index (χ4v) is 0.179. The number of carbonyl (C=O) groups excluding carboxylic acids is 1. The highest BCUT2D eigenvalue weighted by Crippen LogP contribution is 1.79. The van der Waals surface area contributed by atoms with Crippen molar-refractivity contribution < 1.29 is 9.63 Å². The van der Waals surface area contributed by atoms with E-state index in [1.807, 2.05) is 0 Å². The average molecular weight is 114 g/mol. The van der Waals surface area contributed by atoms with Gasteiger partial charge in [0.2, 0.25) is 6.41 Å². The number of nitrogens with zero attached hydrogens (tertiary/aromatic N) is 1. The summed E-state index contributed by atoms with van der Waals surface area (Å²) >= 11 is 0. The minimum atomic E-state index is 0.308. The topological polar surface area (TPSA) is 29.5 Å². The van der Waals surface area contributed by atoms with Gasteiger partial charge in [-0.3, -0.25) is 9.63 Å². The summed E-state index contributed by atoms with van der Waals surface area (Å²) in [4.78, 5) is 14.3. The third-order valence-electron chi connectivity index (χ3n) is 0.476. The van der Waals surface area contributed by atoms with Crippen molar-refractivity contribution in [3.05, 3.63) is 19.7 Å². The molecule has 0 saturated carbocycles. The van der Waals surface area contributed by atoms with Gasteiger partial charge in [0.15, 0.2) is 0 Å². The van der Waals surface area contributed by atoms with Gasteiger partial charge < -0.3 is 0 Å². The highest BCUT2D eigenvalue weighted by atomic mass is 16.7. The molecule has 0 aromatic carbocycles. The Morgan fingerprint density at radius 3 is 2.75 bits per heavy atom. The Kier molecular flexibility index (Phi) is 3.88. The second kappa shape index (κ2) is 4.33. The molecule has 0 saturated heterocycles. The highest BCUT2D eigenvalue weighted by Gasteiger charge is 1.86. The first-order valence-electron chi connectivity index (χ1n) is 2.10. The quantitative estimate of drug-likeness (QED) is 0.300. The van der Waals surface area contributed by atoms with Crippen LogP contribution in [0.15, 0.2) is 12.7 Å². The molecule has 1 radical (unpaired) electrons. The lowest BCUT2D eigenvalue weighted by Gasteiger charge is -2.06. The van der Waals surface area contributed by atoms with E-state index < -0.39 is 0 Å². The second-order valence-corrected chi connectivity index (χ2v) is 1.11. The van der Waals surface area contributed by atoms with Crippen LogP contribution in [0.4, 0.5) is 0 Å². The van der Waals surface area contributed by atoms with Crippen LogP contribution in [0.2, 0.25) is 0 Å². The molecule has 0 rings (SSSR count). The Bertz CT molecular complexity index is 82.5. The Balaban J connectivity index is 3.09. The molecular weight excluding hydrogens is 106 g/mol. The Hall–Kier alpha value is -0.830. The van der Waals surface area contributed by atoms with Crippen LogP contribution in [0.1, 0.15) is 0 Å². The van der Waals surface area contributed by atoms with Gasteiger partial charge in [0, 0.05) is 0 Å². The Morgan fingerprint density at radius 1 is 1.75 bits per heavy atom. The normalized spacial score (nSPS) is 8.12. The molecule has 0 aromatic rings. The molecule has 0 aliphatic heterocycles. The first-order valence-corrected chi connectivity index (χ1v) is 2.10. The largest absolute Gasteiger partial charge is 0.276 e. The molecule has 0 spiro atoms. The maximum atomic E-state index is 9.71. The van der Waals surface area contributed by atoms with E-state index in [0.29, 0.717) is 13.0 Å². The fraction of sp³-hybridized carbons (Fsp3) is 0.200. The van der Waals surface area contributed by atoms with Crippen molar-refractivity contribution in [1.82, 2.24) is 5.06 Å². The predicted octanol–water partition coefficient (Wildman–Crippen LogP) is 0.354. The van der Waals surface area contributed by atoms with Crippen molar-refractivity contribution in [3.8, 4) is 0 Å². The van der Waals surface area contributed by atoms with Crippen molar-refractivity contribution in [1.29, 1.82) is 0 Å². The molecule has 0 bridgehead atoms. The van der Waals surface area contributed by atoms with Crippen LogP contribution < -0.4 is 0 Å². The van der Waals surface area contributed by atoms with Crippen LogP contribution in [0.3, 0.4) is 0 Å². The maximum Gasteiger partial charge on any atom is 0.233 e. The van der Waals surface area contributed by atoms with Crippen molar-refractivity contribution in [2.24, 2.45) is 0 Å². The van der Waals surface area contributed by atoms with Crippen LogP contribution in [-0.4, -0.2) is 18.1 Å². The van der Waals surface area contributed by atoms with Gasteiger partial charge in [-0.05, 0) is 0 Å². The summed E-state index contributed by atoms with van der Waals surface area (Å²) in [7, 11) is 3.19. The van der Waals surface area contributed by atoms with Crippen molar-refractivity contribution in [2.45, 2.75) is 0 Å². The predicted molar refractivity (Wildman–Crippen MR) is 29.4 cm³/mol. The molecule has 0 aliphatic rings. The molecule has 0 atom stereocenters. The number of hydroxylamine groups is 2. The minimum Gasteiger partial charge on any atom is -0.276 e. The van der Waals surface area contributed by atoms with E-state index in [1.165, 1.54) is 6.08 Å².